The topological polar surface area (TPSA) is 93.1 Å². The highest BCUT2D eigenvalue weighted by Crippen LogP contribution is 2.44. The molecule has 0 spiro atoms. The number of hydrogen-bond donors (Lipinski definition) is 2. The van der Waals surface area contributed by atoms with E-state index < -0.39 is 22.6 Å². The number of rotatable bonds is 6. The average molecular weight is 294 g/mol. The van der Waals surface area contributed by atoms with Crippen LogP contribution in [0.2, 0.25) is 0 Å². The van der Waals surface area contributed by atoms with Crippen molar-refractivity contribution in [3.8, 4) is 0 Å². The lowest BCUT2D eigenvalue weighted by Gasteiger charge is -2.02. The van der Waals surface area contributed by atoms with Crippen LogP contribution in [0, 0.1) is 0 Å². The van der Waals surface area contributed by atoms with Gasteiger partial charge < -0.3 is 19.7 Å². The number of carbonyl (C=O) groups excluding carboxylic acids is 2. The van der Waals surface area contributed by atoms with Crippen molar-refractivity contribution in [3.05, 3.63) is 10.3 Å². The van der Waals surface area contributed by atoms with Crippen molar-refractivity contribution in [2.24, 2.45) is 0 Å². The SMILES string of the molecule is COCCOC(=O)CC(=O)C=C1SC(O)C(O)S1. The molecule has 1 heterocycles. The molecule has 102 valence electrons. The fourth-order valence-electron chi connectivity index (χ4n) is 1.06. The Hall–Kier alpha value is -0.540. The third-order valence-electron chi connectivity index (χ3n) is 1.87. The van der Waals surface area contributed by atoms with E-state index >= 15 is 0 Å². The van der Waals surface area contributed by atoms with E-state index in [1.54, 1.807) is 0 Å². The Bertz CT molecular complexity index is 331. The second-order valence-electron chi connectivity index (χ2n) is 3.34. The number of aliphatic hydroxyl groups excluding tert-OH is 2. The van der Waals surface area contributed by atoms with Crippen molar-refractivity contribution >= 4 is 35.3 Å². The highest BCUT2D eigenvalue weighted by Gasteiger charge is 2.29. The largest absolute Gasteiger partial charge is 0.463 e. The summed E-state index contributed by atoms with van der Waals surface area (Å²) in [7, 11) is 1.48. The van der Waals surface area contributed by atoms with Crippen LogP contribution in [0.25, 0.3) is 0 Å². The number of ketones is 1. The Morgan fingerprint density at radius 1 is 1.28 bits per heavy atom. The molecule has 2 N–H and O–H groups in total. The van der Waals surface area contributed by atoms with Crippen molar-refractivity contribution in [1.29, 1.82) is 0 Å². The van der Waals surface area contributed by atoms with Crippen LogP contribution in [-0.2, 0) is 19.1 Å². The van der Waals surface area contributed by atoms with Gasteiger partial charge in [-0.15, -0.1) is 0 Å². The van der Waals surface area contributed by atoms with Gasteiger partial charge in [0.15, 0.2) is 5.78 Å². The van der Waals surface area contributed by atoms with E-state index in [9.17, 15) is 19.8 Å². The summed E-state index contributed by atoms with van der Waals surface area (Å²) in [5.41, 5.74) is -1.88. The van der Waals surface area contributed by atoms with Crippen LogP contribution in [0.5, 0.6) is 0 Å². The molecule has 0 radical (unpaired) electrons. The van der Waals surface area contributed by atoms with Gasteiger partial charge in [0.2, 0.25) is 0 Å². The van der Waals surface area contributed by atoms with E-state index in [-0.39, 0.29) is 19.6 Å². The van der Waals surface area contributed by atoms with Gasteiger partial charge in [0.1, 0.15) is 23.9 Å². The molecule has 0 bridgehead atoms. The van der Waals surface area contributed by atoms with Crippen LogP contribution in [0.15, 0.2) is 10.3 Å². The predicted octanol–water partition coefficient (Wildman–Crippen LogP) is 0.0934. The zero-order chi connectivity index (χ0) is 13.5. The van der Waals surface area contributed by atoms with Crippen molar-refractivity contribution in [1.82, 2.24) is 0 Å². The fraction of sp³-hybridized carbons (Fsp3) is 0.600. The van der Waals surface area contributed by atoms with E-state index in [4.69, 9.17) is 9.47 Å². The number of carbonyl (C=O) groups is 2. The van der Waals surface area contributed by atoms with Gasteiger partial charge in [0, 0.05) is 17.4 Å². The maximum absolute atomic E-state index is 11.5. The van der Waals surface area contributed by atoms with E-state index in [2.05, 4.69) is 0 Å². The van der Waals surface area contributed by atoms with Crippen molar-refractivity contribution in [2.75, 3.05) is 20.3 Å². The molecule has 1 fully saturated rings. The first-order chi connectivity index (χ1) is 8.52. The molecule has 6 nitrogen and oxygen atoms in total. The molecular weight excluding hydrogens is 280 g/mol. The highest BCUT2D eigenvalue weighted by molar-refractivity contribution is 8.25. The number of ether oxygens (including phenoxy) is 2. The zero-order valence-electron chi connectivity index (χ0n) is 9.70. The number of thioether (sulfide) groups is 2. The van der Waals surface area contributed by atoms with Crippen molar-refractivity contribution in [2.45, 2.75) is 17.3 Å². The zero-order valence-corrected chi connectivity index (χ0v) is 11.3. The second kappa shape index (κ2) is 7.80. The average Bonchev–Trinajstić information content (AvgIpc) is 2.57. The summed E-state index contributed by atoms with van der Waals surface area (Å²) in [4.78, 5) is 22.6. The molecule has 0 aromatic rings. The summed E-state index contributed by atoms with van der Waals surface area (Å²) in [6.45, 7) is 0.394. The minimum Gasteiger partial charge on any atom is -0.463 e. The lowest BCUT2D eigenvalue weighted by Crippen LogP contribution is -2.12. The van der Waals surface area contributed by atoms with Crippen molar-refractivity contribution < 1.29 is 29.3 Å². The van der Waals surface area contributed by atoms with Crippen LogP contribution in [0.3, 0.4) is 0 Å². The molecule has 1 aliphatic rings. The molecule has 0 aliphatic carbocycles. The number of esters is 1. The van der Waals surface area contributed by atoms with Gasteiger partial charge in [-0.05, 0) is 0 Å². The van der Waals surface area contributed by atoms with Gasteiger partial charge >= 0.3 is 5.97 Å². The minimum atomic E-state index is -0.942. The fourth-order valence-corrected chi connectivity index (χ4v) is 3.32. The maximum Gasteiger partial charge on any atom is 0.313 e. The summed E-state index contributed by atoms with van der Waals surface area (Å²) in [5, 5.41) is 18.5. The number of allylic oxidation sites excluding steroid dienone is 1. The molecule has 8 heteroatoms. The predicted molar refractivity (Wildman–Crippen MR) is 67.7 cm³/mol. The molecule has 1 rings (SSSR count). The van der Waals surface area contributed by atoms with Gasteiger partial charge in [-0.2, -0.15) is 0 Å². The first kappa shape index (κ1) is 15.5. The van der Waals surface area contributed by atoms with Gasteiger partial charge in [0.25, 0.3) is 0 Å². The Morgan fingerprint density at radius 3 is 2.44 bits per heavy atom. The smallest absolute Gasteiger partial charge is 0.313 e. The summed E-state index contributed by atoms with van der Waals surface area (Å²) in [6, 6.07) is 0. The molecule has 0 aromatic carbocycles. The lowest BCUT2D eigenvalue weighted by molar-refractivity contribution is -0.146. The van der Waals surface area contributed by atoms with Crippen molar-refractivity contribution in [3.63, 3.8) is 0 Å². The molecule has 2 atom stereocenters. The Morgan fingerprint density at radius 2 is 1.89 bits per heavy atom. The quantitative estimate of drug-likeness (QED) is 0.308. The lowest BCUT2D eigenvalue weighted by atomic mass is 10.3. The molecule has 0 amide bonds. The molecule has 1 aliphatic heterocycles. The molecule has 1 saturated heterocycles. The minimum absolute atomic E-state index is 0.111. The third-order valence-corrected chi connectivity index (χ3v) is 4.31. The molecular formula is C10H14O6S2. The normalized spacial score (nSPS) is 22.9. The standard InChI is InChI=1S/C10H14O6S2/c1-15-2-3-16-7(12)4-6(11)5-8-17-9(13)10(14)18-8/h5,9-10,13-14H,2-4H2,1H3. The maximum atomic E-state index is 11.5. The first-order valence-corrected chi connectivity index (χ1v) is 6.87. The highest BCUT2D eigenvalue weighted by atomic mass is 32.2. The van der Waals surface area contributed by atoms with Crippen LogP contribution in [-0.4, -0.2) is 53.2 Å². The third kappa shape index (κ3) is 5.40. The van der Waals surface area contributed by atoms with E-state index in [1.165, 1.54) is 13.2 Å². The van der Waals surface area contributed by atoms with Gasteiger partial charge in [-0.1, -0.05) is 23.5 Å². The van der Waals surface area contributed by atoms with Gasteiger partial charge in [0.05, 0.1) is 6.61 Å². The molecule has 2 unspecified atom stereocenters. The second-order valence-corrected chi connectivity index (χ2v) is 5.91. The number of hydrogen-bond acceptors (Lipinski definition) is 8. The first-order valence-electron chi connectivity index (χ1n) is 5.11. The Kier molecular flexibility index (Phi) is 6.72. The van der Waals surface area contributed by atoms with E-state index in [0.717, 1.165) is 23.5 Å². The summed E-state index contributed by atoms with van der Waals surface area (Å²) in [6.07, 6.45) is 0.868. The monoisotopic (exact) mass is 294 g/mol. The molecule has 0 saturated carbocycles. The summed E-state index contributed by atoms with van der Waals surface area (Å²) < 4.78 is 9.92. The van der Waals surface area contributed by atoms with Crippen LogP contribution >= 0.6 is 23.5 Å². The Balaban J connectivity index is 2.33. The van der Waals surface area contributed by atoms with Gasteiger partial charge in [-0.25, -0.2) is 0 Å². The van der Waals surface area contributed by atoms with Crippen LogP contribution in [0.1, 0.15) is 6.42 Å². The number of aliphatic hydroxyl groups is 2. The summed E-state index contributed by atoms with van der Waals surface area (Å²) in [5.74, 6) is -1.04. The Labute approximate surface area is 113 Å². The summed E-state index contributed by atoms with van der Waals surface area (Å²) >= 11 is 1.97. The van der Waals surface area contributed by atoms with Gasteiger partial charge in [-0.3, -0.25) is 9.59 Å². The molecule has 18 heavy (non-hydrogen) atoms. The van der Waals surface area contributed by atoms with E-state index in [0.29, 0.717) is 4.24 Å². The van der Waals surface area contributed by atoms with E-state index in [1.807, 2.05) is 0 Å². The molecule has 0 aromatic heterocycles. The van der Waals surface area contributed by atoms with Crippen LogP contribution in [0.4, 0.5) is 0 Å². The number of methoxy groups -OCH3 is 1. The van der Waals surface area contributed by atoms with Crippen LogP contribution < -0.4 is 0 Å².